The standard InChI is InChI=1S/C14H16N2O/c1-10-8-15-6-4-12(10)13-5-7-17-14(13)9-16-11-2-3-11/h4-8,11,16H,2-3,9H2,1H3. The number of hydrogen-bond acceptors (Lipinski definition) is 3. The minimum Gasteiger partial charge on any atom is -0.467 e. The third-order valence-electron chi connectivity index (χ3n) is 3.18. The zero-order valence-electron chi connectivity index (χ0n) is 9.94. The predicted molar refractivity (Wildman–Crippen MR) is 66.5 cm³/mol. The second kappa shape index (κ2) is 4.34. The van der Waals surface area contributed by atoms with Gasteiger partial charge in [-0.2, -0.15) is 0 Å². The Bertz CT molecular complexity index is 514. The van der Waals surface area contributed by atoms with Gasteiger partial charge in [-0.1, -0.05) is 0 Å². The van der Waals surface area contributed by atoms with Gasteiger partial charge in [0, 0.05) is 24.0 Å². The molecule has 2 aromatic heterocycles. The van der Waals surface area contributed by atoms with Crippen LogP contribution in [0.2, 0.25) is 0 Å². The summed E-state index contributed by atoms with van der Waals surface area (Å²) in [6.07, 6.45) is 8.07. The van der Waals surface area contributed by atoms with E-state index in [9.17, 15) is 0 Å². The van der Waals surface area contributed by atoms with Crippen molar-refractivity contribution in [3.05, 3.63) is 42.1 Å². The summed E-state index contributed by atoms with van der Waals surface area (Å²) in [7, 11) is 0. The highest BCUT2D eigenvalue weighted by Gasteiger charge is 2.21. The van der Waals surface area contributed by atoms with Crippen molar-refractivity contribution in [2.75, 3.05) is 0 Å². The molecule has 0 radical (unpaired) electrons. The van der Waals surface area contributed by atoms with Gasteiger partial charge in [0.15, 0.2) is 0 Å². The van der Waals surface area contributed by atoms with E-state index in [1.54, 1.807) is 6.26 Å². The molecule has 0 aliphatic heterocycles. The van der Waals surface area contributed by atoms with Gasteiger partial charge in [0.1, 0.15) is 5.76 Å². The Morgan fingerprint density at radius 1 is 1.35 bits per heavy atom. The van der Waals surface area contributed by atoms with Gasteiger partial charge in [-0.25, -0.2) is 0 Å². The van der Waals surface area contributed by atoms with Gasteiger partial charge in [-0.15, -0.1) is 0 Å². The predicted octanol–water partition coefficient (Wildman–Crippen LogP) is 2.90. The Morgan fingerprint density at radius 3 is 3.00 bits per heavy atom. The molecule has 3 rings (SSSR count). The summed E-state index contributed by atoms with van der Waals surface area (Å²) in [6, 6.07) is 4.78. The molecule has 17 heavy (non-hydrogen) atoms. The summed E-state index contributed by atoms with van der Waals surface area (Å²) >= 11 is 0. The van der Waals surface area contributed by atoms with Crippen molar-refractivity contribution in [1.82, 2.24) is 10.3 Å². The maximum Gasteiger partial charge on any atom is 0.125 e. The van der Waals surface area contributed by atoms with Crippen molar-refractivity contribution < 1.29 is 4.42 Å². The quantitative estimate of drug-likeness (QED) is 0.874. The Kier molecular flexibility index (Phi) is 2.69. The summed E-state index contributed by atoms with van der Waals surface area (Å²) < 4.78 is 5.57. The third kappa shape index (κ3) is 2.24. The van der Waals surface area contributed by atoms with Crippen LogP contribution in [-0.2, 0) is 6.54 Å². The second-order valence-corrected chi connectivity index (χ2v) is 4.60. The molecule has 2 aromatic rings. The first kappa shape index (κ1) is 10.5. The molecule has 1 fully saturated rings. The van der Waals surface area contributed by atoms with Crippen LogP contribution in [0.4, 0.5) is 0 Å². The number of furan rings is 1. The van der Waals surface area contributed by atoms with E-state index < -0.39 is 0 Å². The number of pyridine rings is 1. The van der Waals surface area contributed by atoms with E-state index in [0.717, 1.165) is 12.3 Å². The maximum atomic E-state index is 5.57. The molecular formula is C14H16N2O. The van der Waals surface area contributed by atoms with Crippen LogP contribution in [0.15, 0.2) is 35.2 Å². The molecule has 0 amide bonds. The highest BCUT2D eigenvalue weighted by molar-refractivity contribution is 5.68. The smallest absolute Gasteiger partial charge is 0.125 e. The minimum absolute atomic E-state index is 0.700. The molecule has 1 saturated carbocycles. The Hall–Kier alpha value is -1.61. The fourth-order valence-corrected chi connectivity index (χ4v) is 2.02. The molecule has 0 bridgehead atoms. The second-order valence-electron chi connectivity index (χ2n) is 4.60. The Labute approximate surface area is 101 Å². The fraction of sp³-hybridized carbons (Fsp3) is 0.357. The van der Waals surface area contributed by atoms with Gasteiger partial charge in [0.05, 0.1) is 12.8 Å². The van der Waals surface area contributed by atoms with Crippen molar-refractivity contribution in [3.8, 4) is 11.1 Å². The molecule has 0 unspecified atom stereocenters. The van der Waals surface area contributed by atoms with Gasteiger partial charge in [-0.05, 0) is 43.0 Å². The maximum absolute atomic E-state index is 5.57. The van der Waals surface area contributed by atoms with Crippen LogP contribution >= 0.6 is 0 Å². The van der Waals surface area contributed by atoms with Crippen LogP contribution in [0.1, 0.15) is 24.2 Å². The monoisotopic (exact) mass is 228 g/mol. The molecule has 2 heterocycles. The van der Waals surface area contributed by atoms with Crippen LogP contribution in [0, 0.1) is 6.92 Å². The molecule has 3 heteroatoms. The van der Waals surface area contributed by atoms with Crippen LogP contribution in [0.25, 0.3) is 11.1 Å². The van der Waals surface area contributed by atoms with Crippen LogP contribution < -0.4 is 5.32 Å². The van der Waals surface area contributed by atoms with Gasteiger partial charge in [-0.3, -0.25) is 4.98 Å². The number of rotatable bonds is 4. The van der Waals surface area contributed by atoms with Crippen molar-refractivity contribution >= 4 is 0 Å². The molecule has 1 aliphatic carbocycles. The van der Waals surface area contributed by atoms with Gasteiger partial charge in [0.2, 0.25) is 0 Å². The topological polar surface area (TPSA) is 38.1 Å². The lowest BCUT2D eigenvalue weighted by Crippen LogP contribution is -2.15. The van der Waals surface area contributed by atoms with E-state index >= 15 is 0 Å². The molecule has 0 aromatic carbocycles. The molecular weight excluding hydrogens is 212 g/mol. The van der Waals surface area contributed by atoms with E-state index in [1.165, 1.54) is 29.5 Å². The van der Waals surface area contributed by atoms with Crippen molar-refractivity contribution in [1.29, 1.82) is 0 Å². The summed E-state index contributed by atoms with van der Waals surface area (Å²) in [5.74, 6) is 1.02. The minimum atomic E-state index is 0.700. The zero-order valence-corrected chi connectivity index (χ0v) is 9.94. The Morgan fingerprint density at radius 2 is 2.24 bits per heavy atom. The van der Waals surface area contributed by atoms with Crippen LogP contribution in [0.3, 0.4) is 0 Å². The summed E-state index contributed by atoms with van der Waals surface area (Å²) in [6.45, 7) is 2.89. The number of nitrogens with one attached hydrogen (secondary N) is 1. The zero-order chi connectivity index (χ0) is 11.7. The lowest BCUT2D eigenvalue weighted by molar-refractivity contribution is 0.483. The fourth-order valence-electron chi connectivity index (χ4n) is 2.02. The Balaban J connectivity index is 1.86. The number of hydrogen-bond donors (Lipinski definition) is 1. The third-order valence-corrected chi connectivity index (χ3v) is 3.18. The highest BCUT2D eigenvalue weighted by Crippen LogP contribution is 2.28. The average Bonchev–Trinajstić information content (AvgIpc) is 3.06. The molecule has 1 aliphatic rings. The van der Waals surface area contributed by atoms with E-state index in [4.69, 9.17) is 4.42 Å². The number of aromatic nitrogens is 1. The lowest BCUT2D eigenvalue weighted by Gasteiger charge is -2.06. The molecule has 1 N–H and O–H groups in total. The molecule has 0 saturated heterocycles. The number of nitrogens with zero attached hydrogens (tertiary/aromatic N) is 1. The van der Waals surface area contributed by atoms with E-state index in [2.05, 4.69) is 17.2 Å². The summed E-state index contributed by atoms with van der Waals surface area (Å²) in [5.41, 5.74) is 3.57. The van der Waals surface area contributed by atoms with Gasteiger partial charge in [0.25, 0.3) is 0 Å². The lowest BCUT2D eigenvalue weighted by atomic mass is 10.0. The van der Waals surface area contributed by atoms with E-state index in [-0.39, 0.29) is 0 Å². The van der Waals surface area contributed by atoms with Gasteiger partial charge < -0.3 is 9.73 Å². The van der Waals surface area contributed by atoms with Crippen LogP contribution in [0.5, 0.6) is 0 Å². The highest BCUT2D eigenvalue weighted by atomic mass is 16.3. The van der Waals surface area contributed by atoms with E-state index in [1.807, 2.05) is 24.5 Å². The molecule has 0 atom stereocenters. The number of aryl methyl sites for hydroxylation is 1. The summed E-state index contributed by atoms with van der Waals surface area (Å²) in [4.78, 5) is 4.12. The van der Waals surface area contributed by atoms with Crippen molar-refractivity contribution in [2.45, 2.75) is 32.4 Å². The van der Waals surface area contributed by atoms with E-state index in [0.29, 0.717) is 6.04 Å². The van der Waals surface area contributed by atoms with Crippen LogP contribution in [-0.4, -0.2) is 11.0 Å². The average molecular weight is 228 g/mol. The van der Waals surface area contributed by atoms with Crippen molar-refractivity contribution in [3.63, 3.8) is 0 Å². The normalized spacial score (nSPS) is 15.1. The largest absolute Gasteiger partial charge is 0.467 e. The van der Waals surface area contributed by atoms with Gasteiger partial charge >= 0.3 is 0 Å². The summed E-state index contributed by atoms with van der Waals surface area (Å²) in [5, 5.41) is 3.48. The van der Waals surface area contributed by atoms with Crippen molar-refractivity contribution in [2.24, 2.45) is 0 Å². The molecule has 3 nitrogen and oxygen atoms in total. The SMILES string of the molecule is Cc1cnccc1-c1ccoc1CNC1CC1. The molecule has 88 valence electrons. The molecule has 0 spiro atoms. The first-order chi connectivity index (χ1) is 8.34. The first-order valence-corrected chi connectivity index (χ1v) is 6.05. The first-order valence-electron chi connectivity index (χ1n) is 6.05.